The number of likely N-dealkylation sites (N-methyl/N-ethyl adjacent to an activating group) is 3. The molecule has 0 fully saturated rings. The molecule has 6 nitrogen and oxygen atoms in total. The summed E-state index contributed by atoms with van der Waals surface area (Å²) in [5.74, 6) is -1.87. The van der Waals surface area contributed by atoms with Crippen LogP contribution in [0, 0.1) is 0 Å². The molecule has 1 amide bonds. The van der Waals surface area contributed by atoms with Gasteiger partial charge in [-0.2, -0.15) is 0 Å². The second-order valence-electron chi connectivity index (χ2n) is 2.92. The zero-order chi connectivity index (χ0) is 11.9. The van der Waals surface area contributed by atoms with E-state index in [2.05, 4.69) is 21.3 Å². The maximum atomic E-state index is 11.6. The second kappa shape index (κ2) is 6.39. The Bertz CT molecular complexity index is 236. The van der Waals surface area contributed by atoms with Crippen LogP contribution in [0.1, 0.15) is 6.92 Å². The van der Waals surface area contributed by atoms with Gasteiger partial charge >= 0.3 is 0 Å². The molecule has 0 aromatic rings. The number of amides is 1. The maximum Gasteiger partial charge on any atom is 0.254 e. The van der Waals surface area contributed by atoms with Crippen LogP contribution in [-0.2, 0) is 4.79 Å². The lowest BCUT2D eigenvalue weighted by atomic mass is 10.1. The first kappa shape index (κ1) is 13.9. The van der Waals surface area contributed by atoms with Crippen molar-refractivity contribution in [3.8, 4) is 0 Å². The average molecular weight is 216 g/mol. The fourth-order valence-electron chi connectivity index (χ4n) is 1.13. The molecule has 0 unspecified atom stereocenters. The van der Waals surface area contributed by atoms with Crippen molar-refractivity contribution in [3.05, 3.63) is 11.8 Å². The van der Waals surface area contributed by atoms with Gasteiger partial charge in [0.05, 0.1) is 5.57 Å². The molecule has 0 saturated carbocycles. The predicted octanol–water partition coefficient (Wildman–Crippen LogP) is -1.69. The summed E-state index contributed by atoms with van der Waals surface area (Å²) in [6.45, 7) is 2.32. The van der Waals surface area contributed by atoms with E-state index in [4.69, 9.17) is 0 Å². The molecule has 0 atom stereocenters. The molecule has 0 saturated heterocycles. The lowest BCUT2D eigenvalue weighted by molar-refractivity contribution is -0.120. The van der Waals surface area contributed by atoms with Crippen LogP contribution in [0.4, 0.5) is 0 Å². The fraction of sp³-hybridized carbons (Fsp3) is 0.667. The van der Waals surface area contributed by atoms with E-state index < -0.39 is 5.85 Å². The standard InChI is InChI=1S/C9H20N4O2/c1-5-13-8(14)7(6-10-2)9(15,11-3)12-4/h6,10-12,15H,5H2,1-4H3,(H,13,14). The summed E-state index contributed by atoms with van der Waals surface area (Å²) in [6.07, 6.45) is 1.44. The summed E-state index contributed by atoms with van der Waals surface area (Å²) >= 11 is 0. The number of rotatable bonds is 6. The number of carbonyl (C=O) groups is 1. The largest absolute Gasteiger partial charge is 0.393 e. The van der Waals surface area contributed by atoms with Gasteiger partial charge in [0.1, 0.15) is 0 Å². The van der Waals surface area contributed by atoms with Gasteiger partial charge in [-0.25, -0.2) is 0 Å². The van der Waals surface area contributed by atoms with Gasteiger partial charge in [0.15, 0.2) is 0 Å². The molecule has 0 aromatic carbocycles. The van der Waals surface area contributed by atoms with Gasteiger partial charge in [-0.3, -0.25) is 15.4 Å². The Morgan fingerprint density at radius 3 is 2.20 bits per heavy atom. The predicted molar refractivity (Wildman–Crippen MR) is 58.9 cm³/mol. The van der Waals surface area contributed by atoms with E-state index in [0.29, 0.717) is 6.54 Å². The number of aliphatic hydroxyl groups is 1. The third-order valence-corrected chi connectivity index (χ3v) is 1.98. The first-order valence-electron chi connectivity index (χ1n) is 4.82. The molecule has 0 radical (unpaired) electrons. The minimum atomic E-state index is -1.54. The second-order valence-corrected chi connectivity index (χ2v) is 2.92. The van der Waals surface area contributed by atoms with Gasteiger partial charge in [-0.15, -0.1) is 0 Å². The number of hydrogen-bond donors (Lipinski definition) is 5. The monoisotopic (exact) mass is 216 g/mol. The van der Waals surface area contributed by atoms with Crippen molar-refractivity contribution in [2.75, 3.05) is 27.7 Å². The molecule has 88 valence electrons. The molecule has 0 aromatic heterocycles. The van der Waals surface area contributed by atoms with Crippen LogP contribution in [-0.4, -0.2) is 44.6 Å². The van der Waals surface area contributed by atoms with E-state index in [1.807, 2.05) is 6.92 Å². The molecule has 5 N–H and O–H groups in total. The highest BCUT2D eigenvalue weighted by Crippen LogP contribution is 2.08. The first-order chi connectivity index (χ1) is 7.05. The molecule has 6 heteroatoms. The Morgan fingerprint density at radius 1 is 1.33 bits per heavy atom. The molecule has 0 spiro atoms. The average Bonchev–Trinajstić information content (AvgIpc) is 2.25. The number of nitrogens with one attached hydrogen (secondary N) is 4. The van der Waals surface area contributed by atoms with E-state index >= 15 is 0 Å². The highest BCUT2D eigenvalue weighted by atomic mass is 16.3. The van der Waals surface area contributed by atoms with Gasteiger partial charge < -0.3 is 15.7 Å². The van der Waals surface area contributed by atoms with Crippen LogP contribution in [0.15, 0.2) is 11.8 Å². The van der Waals surface area contributed by atoms with Crippen LogP contribution in [0.3, 0.4) is 0 Å². The van der Waals surface area contributed by atoms with Crippen molar-refractivity contribution < 1.29 is 9.90 Å². The Hall–Kier alpha value is -1.11. The highest BCUT2D eigenvalue weighted by molar-refractivity contribution is 5.95. The fourth-order valence-corrected chi connectivity index (χ4v) is 1.13. The van der Waals surface area contributed by atoms with Crippen LogP contribution >= 0.6 is 0 Å². The summed E-state index contributed by atoms with van der Waals surface area (Å²) in [5, 5.41) is 20.6. The van der Waals surface area contributed by atoms with Crippen molar-refractivity contribution in [3.63, 3.8) is 0 Å². The van der Waals surface area contributed by atoms with Crippen molar-refractivity contribution >= 4 is 5.91 Å². The molecule has 0 aliphatic heterocycles. The Labute approximate surface area is 90.1 Å². The van der Waals surface area contributed by atoms with E-state index in [1.54, 1.807) is 21.1 Å². The van der Waals surface area contributed by atoms with Gasteiger partial charge in [0, 0.05) is 19.8 Å². The van der Waals surface area contributed by atoms with Crippen LogP contribution in [0.2, 0.25) is 0 Å². The van der Waals surface area contributed by atoms with Gasteiger partial charge in [0.25, 0.3) is 5.91 Å². The number of carbonyl (C=O) groups excluding carboxylic acids is 1. The summed E-state index contributed by atoms with van der Waals surface area (Å²) in [7, 11) is 4.77. The third kappa shape index (κ3) is 3.50. The quantitative estimate of drug-likeness (QED) is 0.270. The smallest absolute Gasteiger partial charge is 0.254 e. The van der Waals surface area contributed by atoms with E-state index in [1.165, 1.54) is 6.20 Å². The minimum absolute atomic E-state index is 0.178. The van der Waals surface area contributed by atoms with Crippen LogP contribution in [0.25, 0.3) is 0 Å². The SMILES string of the molecule is CCNC(=O)C(=CNC)C(O)(NC)NC. The van der Waals surface area contributed by atoms with Crippen molar-refractivity contribution in [2.45, 2.75) is 12.8 Å². The molecular weight excluding hydrogens is 196 g/mol. The summed E-state index contributed by atoms with van der Waals surface area (Å²) in [5.41, 5.74) is 0.178. The molecule has 0 aliphatic carbocycles. The van der Waals surface area contributed by atoms with Gasteiger partial charge in [-0.1, -0.05) is 0 Å². The third-order valence-electron chi connectivity index (χ3n) is 1.98. The lowest BCUT2D eigenvalue weighted by Crippen LogP contribution is -2.58. The molecule has 0 heterocycles. The minimum Gasteiger partial charge on any atom is -0.393 e. The van der Waals surface area contributed by atoms with Crippen molar-refractivity contribution in [1.82, 2.24) is 21.3 Å². The molecule has 0 aliphatic rings. The van der Waals surface area contributed by atoms with E-state index in [9.17, 15) is 9.90 Å². The Balaban J connectivity index is 4.96. The molecule has 0 bridgehead atoms. The summed E-state index contributed by atoms with van der Waals surface area (Å²) in [6, 6.07) is 0. The normalized spacial score (nSPS) is 12.5. The summed E-state index contributed by atoms with van der Waals surface area (Å²) < 4.78 is 0. The highest BCUT2D eigenvalue weighted by Gasteiger charge is 2.32. The number of hydrogen-bond acceptors (Lipinski definition) is 5. The van der Waals surface area contributed by atoms with E-state index in [0.717, 1.165) is 0 Å². The zero-order valence-corrected chi connectivity index (χ0v) is 9.64. The molecule has 15 heavy (non-hydrogen) atoms. The molecular formula is C9H20N4O2. The topological polar surface area (TPSA) is 85.4 Å². The lowest BCUT2D eigenvalue weighted by Gasteiger charge is -2.28. The zero-order valence-electron chi connectivity index (χ0n) is 9.64. The van der Waals surface area contributed by atoms with Crippen molar-refractivity contribution in [2.24, 2.45) is 0 Å². The summed E-state index contributed by atoms with van der Waals surface area (Å²) in [4.78, 5) is 11.6. The van der Waals surface area contributed by atoms with E-state index in [-0.39, 0.29) is 11.5 Å². The first-order valence-corrected chi connectivity index (χ1v) is 4.82. The van der Waals surface area contributed by atoms with Crippen molar-refractivity contribution in [1.29, 1.82) is 0 Å². The van der Waals surface area contributed by atoms with Crippen LogP contribution in [0.5, 0.6) is 0 Å². The van der Waals surface area contributed by atoms with Gasteiger partial charge in [-0.05, 0) is 21.0 Å². The molecule has 0 rings (SSSR count). The Kier molecular flexibility index (Phi) is 5.92. The maximum absolute atomic E-state index is 11.6. The van der Waals surface area contributed by atoms with Crippen LogP contribution < -0.4 is 21.3 Å². The van der Waals surface area contributed by atoms with Gasteiger partial charge in [0.2, 0.25) is 5.85 Å². The Morgan fingerprint density at radius 2 is 1.87 bits per heavy atom.